The first-order valence-electron chi connectivity index (χ1n) is 7.90. The minimum Gasteiger partial charge on any atom is -0.508 e. The molecule has 1 aliphatic heterocycles. The molecule has 0 aliphatic carbocycles. The van der Waals surface area contributed by atoms with Gasteiger partial charge in [-0.1, -0.05) is 44.6 Å². The van der Waals surface area contributed by atoms with Crippen LogP contribution in [0.4, 0.5) is 0 Å². The van der Waals surface area contributed by atoms with Crippen molar-refractivity contribution >= 4 is 5.97 Å². The minimum absolute atomic E-state index is 0.136. The summed E-state index contributed by atoms with van der Waals surface area (Å²) in [5.74, 6) is -0.200. The van der Waals surface area contributed by atoms with Gasteiger partial charge < -0.3 is 9.84 Å². The Balaban J connectivity index is 1.97. The maximum atomic E-state index is 11.4. The number of esters is 1. The molecule has 114 valence electrons. The number of carbonyl (C=O) groups is 1. The summed E-state index contributed by atoms with van der Waals surface area (Å²) >= 11 is 0. The Bertz CT molecular complexity index is 344. The van der Waals surface area contributed by atoms with Crippen molar-refractivity contribution in [3.8, 4) is 0 Å². The number of hydrogen-bond acceptors (Lipinski definition) is 3. The van der Waals surface area contributed by atoms with Crippen molar-refractivity contribution in [3.63, 3.8) is 0 Å². The summed E-state index contributed by atoms with van der Waals surface area (Å²) < 4.78 is 4.96. The number of unbranched alkanes of at least 4 members (excludes halogenated alkanes) is 8. The number of hydrogen-bond donors (Lipinski definition) is 1. The van der Waals surface area contributed by atoms with Crippen molar-refractivity contribution in [2.24, 2.45) is 0 Å². The quantitative estimate of drug-likeness (QED) is 0.335. The highest BCUT2D eigenvalue weighted by Gasteiger charge is 2.30. The van der Waals surface area contributed by atoms with E-state index in [9.17, 15) is 9.90 Å². The number of carbonyl (C=O) groups excluding carboxylic acids is 1. The Labute approximate surface area is 122 Å². The van der Waals surface area contributed by atoms with E-state index in [0.717, 1.165) is 19.3 Å². The Kier molecular flexibility index (Phi) is 8.08. The average Bonchev–Trinajstić information content (AvgIpc) is 2.67. The first-order valence-corrected chi connectivity index (χ1v) is 7.90. The van der Waals surface area contributed by atoms with Crippen LogP contribution in [0, 0.1) is 0 Å². The van der Waals surface area contributed by atoms with E-state index in [-0.39, 0.29) is 11.7 Å². The van der Waals surface area contributed by atoms with Crippen molar-refractivity contribution in [3.05, 3.63) is 24.0 Å². The number of allylic oxidation sites excluding steroid dienone is 1. The Hall–Kier alpha value is -1.25. The molecule has 0 saturated carbocycles. The van der Waals surface area contributed by atoms with Crippen LogP contribution in [0.5, 0.6) is 0 Å². The third-order valence-electron chi connectivity index (χ3n) is 3.81. The summed E-state index contributed by atoms with van der Waals surface area (Å²) in [6, 6.07) is 0. The van der Waals surface area contributed by atoms with Crippen LogP contribution in [0.1, 0.15) is 71.1 Å². The van der Waals surface area contributed by atoms with E-state index in [1.807, 2.05) is 6.08 Å². The van der Waals surface area contributed by atoms with Gasteiger partial charge in [0.15, 0.2) is 6.10 Å². The predicted octanol–water partition coefficient (Wildman–Crippen LogP) is 4.83. The monoisotopic (exact) mass is 280 g/mol. The fourth-order valence-corrected chi connectivity index (χ4v) is 2.52. The second-order valence-corrected chi connectivity index (χ2v) is 5.57. The molecule has 1 N–H and O–H groups in total. The van der Waals surface area contributed by atoms with Gasteiger partial charge in [0.25, 0.3) is 0 Å². The number of rotatable bonds is 11. The molecule has 0 fully saturated rings. The Morgan fingerprint density at radius 2 is 1.65 bits per heavy atom. The molecule has 1 rings (SSSR count). The van der Waals surface area contributed by atoms with Crippen LogP contribution in [0.2, 0.25) is 0 Å². The van der Waals surface area contributed by atoms with Crippen LogP contribution in [-0.4, -0.2) is 17.2 Å². The van der Waals surface area contributed by atoms with Crippen molar-refractivity contribution in [2.45, 2.75) is 77.2 Å². The summed E-state index contributed by atoms with van der Waals surface area (Å²) in [5, 5.41) is 9.70. The Morgan fingerprint density at radius 3 is 2.15 bits per heavy atom. The number of aliphatic hydroxyl groups is 1. The van der Waals surface area contributed by atoms with E-state index < -0.39 is 6.10 Å². The first-order chi connectivity index (χ1) is 9.66. The lowest BCUT2D eigenvalue weighted by Crippen LogP contribution is -2.05. The molecule has 0 aromatic carbocycles. The molecule has 0 amide bonds. The zero-order chi connectivity index (χ0) is 14.8. The highest BCUT2D eigenvalue weighted by Crippen LogP contribution is 2.24. The van der Waals surface area contributed by atoms with Gasteiger partial charge in [-0.15, -0.1) is 6.58 Å². The maximum Gasteiger partial charge on any atom is 0.338 e. The fourth-order valence-electron chi connectivity index (χ4n) is 2.52. The van der Waals surface area contributed by atoms with E-state index in [4.69, 9.17) is 4.74 Å². The molecule has 1 heterocycles. The van der Waals surface area contributed by atoms with Gasteiger partial charge in [0.2, 0.25) is 0 Å². The molecule has 0 aromatic heterocycles. The number of aliphatic hydroxyl groups excluding tert-OH is 1. The second kappa shape index (κ2) is 9.62. The largest absolute Gasteiger partial charge is 0.508 e. The molecule has 0 spiro atoms. The number of cyclic esters (lactones) is 1. The summed E-state index contributed by atoms with van der Waals surface area (Å²) in [7, 11) is 0. The maximum absolute atomic E-state index is 11.4. The van der Waals surface area contributed by atoms with Crippen molar-refractivity contribution in [1.82, 2.24) is 0 Å². The third kappa shape index (κ3) is 5.81. The highest BCUT2D eigenvalue weighted by molar-refractivity contribution is 5.91. The van der Waals surface area contributed by atoms with Gasteiger partial charge in [-0.05, 0) is 32.6 Å². The van der Waals surface area contributed by atoms with E-state index in [1.54, 1.807) is 6.92 Å². The molecule has 1 unspecified atom stereocenters. The molecule has 0 saturated heterocycles. The van der Waals surface area contributed by atoms with Gasteiger partial charge >= 0.3 is 5.97 Å². The molecular formula is C17H28O3. The zero-order valence-corrected chi connectivity index (χ0v) is 12.7. The van der Waals surface area contributed by atoms with Gasteiger partial charge in [-0.2, -0.15) is 0 Å². The predicted molar refractivity (Wildman–Crippen MR) is 81.6 cm³/mol. The van der Waals surface area contributed by atoms with Gasteiger partial charge in [-0.3, -0.25) is 0 Å². The van der Waals surface area contributed by atoms with Crippen molar-refractivity contribution in [2.75, 3.05) is 0 Å². The van der Waals surface area contributed by atoms with E-state index in [2.05, 4.69) is 6.58 Å². The lowest BCUT2D eigenvalue weighted by molar-refractivity contribution is -0.139. The van der Waals surface area contributed by atoms with Gasteiger partial charge in [-0.25, -0.2) is 4.79 Å². The van der Waals surface area contributed by atoms with Crippen LogP contribution >= 0.6 is 0 Å². The lowest BCUT2D eigenvalue weighted by atomic mass is 10.0. The van der Waals surface area contributed by atoms with E-state index >= 15 is 0 Å². The molecule has 1 aliphatic rings. The standard InChI is InChI=1S/C17H28O3/c1-3-4-5-6-7-8-9-10-11-12-13-15-16(18)14(2)20-17(15)19/h3,14,18H,1,4-13H2,2H3. The van der Waals surface area contributed by atoms with Crippen molar-refractivity contribution in [1.29, 1.82) is 0 Å². The van der Waals surface area contributed by atoms with Crippen LogP contribution in [-0.2, 0) is 9.53 Å². The van der Waals surface area contributed by atoms with Crippen LogP contribution in [0.25, 0.3) is 0 Å². The normalized spacial score (nSPS) is 18.4. The SMILES string of the molecule is C=CCCCCCCCCCCC1=C(O)C(C)OC1=O. The number of ether oxygens (including phenoxy) is 1. The average molecular weight is 280 g/mol. The van der Waals surface area contributed by atoms with E-state index in [1.165, 1.54) is 38.5 Å². The van der Waals surface area contributed by atoms with Crippen LogP contribution < -0.4 is 0 Å². The highest BCUT2D eigenvalue weighted by atomic mass is 16.6. The lowest BCUT2D eigenvalue weighted by Gasteiger charge is -2.02. The van der Waals surface area contributed by atoms with Crippen LogP contribution in [0.15, 0.2) is 24.0 Å². The Morgan fingerprint density at radius 1 is 1.10 bits per heavy atom. The summed E-state index contributed by atoms with van der Waals surface area (Å²) in [4.78, 5) is 11.4. The molecule has 3 heteroatoms. The smallest absolute Gasteiger partial charge is 0.338 e. The van der Waals surface area contributed by atoms with Gasteiger partial charge in [0.05, 0.1) is 5.57 Å². The van der Waals surface area contributed by atoms with Crippen molar-refractivity contribution < 1.29 is 14.6 Å². The molecular weight excluding hydrogens is 252 g/mol. The van der Waals surface area contributed by atoms with Crippen LogP contribution in [0.3, 0.4) is 0 Å². The topological polar surface area (TPSA) is 46.5 Å². The third-order valence-corrected chi connectivity index (χ3v) is 3.81. The molecule has 1 atom stereocenters. The first kappa shape index (κ1) is 16.8. The second-order valence-electron chi connectivity index (χ2n) is 5.57. The summed E-state index contributed by atoms with van der Waals surface area (Å²) in [6.45, 7) is 5.42. The van der Waals surface area contributed by atoms with Gasteiger partial charge in [0.1, 0.15) is 5.76 Å². The zero-order valence-electron chi connectivity index (χ0n) is 12.7. The molecule has 20 heavy (non-hydrogen) atoms. The summed E-state index contributed by atoms with van der Waals surface area (Å²) in [6.07, 6.45) is 13.0. The summed E-state index contributed by atoms with van der Waals surface area (Å²) in [5.41, 5.74) is 0.488. The molecule has 3 nitrogen and oxygen atoms in total. The molecule has 0 radical (unpaired) electrons. The molecule has 0 aromatic rings. The minimum atomic E-state index is -0.451. The van der Waals surface area contributed by atoms with Gasteiger partial charge in [0, 0.05) is 0 Å². The van der Waals surface area contributed by atoms with E-state index in [0.29, 0.717) is 12.0 Å². The molecule has 0 bridgehead atoms. The fraction of sp³-hybridized carbons (Fsp3) is 0.706.